The first-order valence-corrected chi connectivity index (χ1v) is 10.8. The van der Waals surface area contributed by atoms with Gasteiger partial charge in [-0.1, -0.05) is 42.5 Å². The normalized spacial score (nSPS) is 11.5. The molecule has 0 spiro atoms. The second-order valence-corrected chi connectivity index (χ2v) is 8.25. The third kappa shape index (κ3) is 2.98. The van der Waals surface area contributed by atoms with Crippen LogP contribution < -0.4 is 5.32 Å². The van der Waals surface area contributed by atoms with Crippen LogP contribution >= 0.6 is 11.3 Å². The number of hydrogen-bond donors (Lipinski definition) is 3. The molecule has 1 amide bonds. The average Bonchev–Trinajstić information content (AvgIpc) is 3.53. The predicted molar refractivity (Wildman–Crippen MR) is 124 cm³/mol. The van der Waals surface area contributed by atoms with Crippen LogP contribution in [0.2, 0.25) is 0 Å². The molecule has 0 aliphatic heterocycles. The molecule has 0 aliphatic carbocycles. The lowest BCUT2D eigenvalue weighted by Crippen LogP contribution is -2.22. The summed E-state index contributed by atoms with van der Waals surface area (Å²) in [4.78, 5) is 21.0. The Morgan fingerprint density at radius 2 is 1.81 bits per heavy atom. The summed E-state index contributed by atoms with van der Waals surface area (Å²) >= 11 is 1.69. The summed E-state index contributed by atoms with van der Waals surface area (Å²) in [5.74, 6) is 0.500. The molecule has 31 heavy (non-hydrogen) atoms. The molecule has 3 aromatic heterocycles. The standard InChI is InChI=1S/C24H17N5OS/c30-24(25-12-14-13-31-20-11-4-2-6-15(14)20)17-8-5-10-19-21(17)27-23(26-19)22-16-7-1-3-9-18(16)28-29-22/h1-11,13H,12H2,(H,25,30)(H,26,27)(H,28,29). The van der Waals surface area contributed by atoms with E-state index < -0.39 is 0 Å². The molecule has 6 rings (SSSR count). The Hall–Kier alpha value is -3.97. The van der Waals surface area contributed by atoms with E-state index in [1.165, 1.54) is 10.1 Å². The predicted octanol–water partition coefficient (Wildman–Crippen LogP) is 5.25. The van der Waals surface area contributed by atoms with Gasteiger partial charge in [0.1, 0.15) is 5.69 Å². The van der Waals surface area contributed by atoms with Crippen molar-refractivity contribution in [3.05, 3.63) is 83.2 Å². The molecular formula is C24H17N5OS. The molecule has 0 aliphatic rings. The van der Waals surface area contributed by atoms with Crippen LogP contribution in [-0.2, 0) is 6.54 Å². The topological polar surface area (TPSA) is 86.5 Å². The van der Waals surface area contributed by atoms with Crippen LogP contribution in [0.4, 0.5) is 0 Å². The largest absolute Gasteiger partial charge is 0.348 e. The zero-order valence-electron chi connectivity index (χ0n) is 16.3. The number of imidazole rings is 1. The number of H-pyrrole nitrogens is 2. The lowest BCUT2D eigenvalue weighted by atomic mass is 10.1. The first kappa shape index (κ1) is 17.9. The van der Waals surface area contributed by atoms with Crippen LogP contribution in [0.3, 0.4) is 0 Å². The van der Waals surface area contributed by atoms with Gasteiger partial charge in [-0.15, -0.1) is 11.3 Å². The molecule has 6 nitrogen and oxygen atoms in total. The molecule has 0 radical (unpaired) electrons. The number of hydrogen-bond acceptors (Lipinski definition) is 4. The van der Waals surface area contributed by atoms with Gasteiger partial charge in [-0.2, -0.15) is 5.10 Å². The van der Waals surface area contributed by atoms with E-state index in [1.54, 1.807) is 11.3 Å². The van der Waals surface area contributed by atoms with Gasteiger partial charge < -0.3 is 10.3 Å². The van der Waals surface area contributed by atoms with Crippen molar-refractivity contribution in [2.24, 2.45) is 0 Å². The molecule has 3 heterocycles. The van der Waals surface area contributed by atoms with E-state index in [1.807, 2.05) is 54.6 Å². The lowest BCUT2D eigenvalue weighted by Gasteiger charge is -2.05. The summed E-state index contributed by atoms with van der Waals surface area (Å²) in [5, 5.41) is 14.8. The van der Waals surface area contributed by atoms with Gasteiger partial charge in [-0.25, -0.2) is 4.98 Å². The number of fused-ring (bicyclic) bond motifs is 3. The van der Waals surface area contributed by atoms with E-state index in [0.29, 0.717) is 23.4 Å². The van der Waals surface area contributed by atoms with Crippen LogP contribution in [0.1, 0.15) is 15.9 Å². The van der Waals surface area contributed by atoms with Crippen molar-refractivity contribution in [1.82, 2.24) is 25.5 Å². The Morgan fingerprint density at radius 3 is 2.74 bits per heavy atom. The number of nitrogens with zero attached hydrogens (tertiary/aromatic N) is 2. The highest BCUT2D eigenvalue weighted by Crippen LogP contribution is 2.28. The van der Waals surface area contributed by atoms with E-state index in [2.05, 4.69) is 43.0 Å². The van der Waals surface area contributed by atoms with Gasteiger partial charge in [-0.05, 0) is 40.6 Å². The summed E-state index contributed by atoms with van der Waals surface area (Å²) in [7, 11) is 0. The van der Waals surface area contributed by atoms with Gasteiger partial charge in [0.25, 0.3) is 5.91 Å². The fourth-order valence-electron chi connectivity index (χ4n) is 3.92. The Balaban J connectivity index is 1.33. The number of aromatic nitrogens is 4. The van der Waals surface area contributed by atoms with Crippen LogP contribution in [-0.4, -0.2) is 26.1 Å². The third-order valence-corrected chi connectivity index (χ3v) is 6.47. The maximum atomic E-state index is 13.0. The van der Waals surface area contributed by atoms with Gasteiger partial charge in [0.15, 0.2) is 5.82 Å². The number of thiophene rings is 1. The Morgan fingerprint density at radius 1 is 0.968 bits per heavy atom. The fourth-order valence-corrected chi connectivity index (χ4v) is 4.88. The van der Waals surface area contributed by atoms with Gasteiger partial charge in [0.05, 0.1) is 22.1 Å². The van der Waals surface area contributed by atoms with Crippen molar-refractivity contribution in [1.29, 1.82) is 0 Å². The molecule has 0 fully saturated rings. The first-order valence-electron chi connectivity index (χ1n) is 9.93. The van der Waals surface area contributed by atoms with E-state index in [0.717, 1.165) is 27.7 Å². The SMILES string of the molecule is O=C(NCc1csc2ccccc12)c1cccc2nc(-c3n[nH]c4ccccc34)[nH]c12. The lowest BCUT2D eigenvalue weighted by molar-refractivity contribution is 0.0952. The molecule has 0 unspecified atom stereocenters. The van der Waals surface area contributed by atoms with Crippen LogP contribution in [0.15, 0.2) is 72.1 Å². The highest BCUT2D eigenvalue weighted by molar-refractivity contribution is 7.17. The second-order valence-electron chi connectivity index (χ2n) is 7.34. The molecule has 0 bridgehead atoms. The van der Waals surface area contributed by atoms with E-state index in [-0.39, 0.29) is 5.91 Å². The van der Waals surface area contributed by atoms with Gasteiger partial charge in [0, 0.05) is 16.6 Å². The number of benzene rings is 3. The summed E-state index contributed by atoms with van der Waals surface area (Å²) < 4.78 is 1.22. The number of nitrogens with one attached hydrogen (secondary N) is 3. The molecule has 0 atom stereocenters. The summed E-state index contributed by atoms with van der Waals surface area (Å²) in [6, 6.07) is 21.7. The van der Waals surface area contributed by atoms with Crippen molar-refractivity contribution >= 4 is 49.3 Å². The van der Waals surface area contributed by atoms with Crippen LogP contribution in [0.5, 0.6) is 0 Å². The molecule has 6 aromatic rings. The number of aromatic amines is 2. The maximum Gasteiger partial charge on any atom is 0.253 e. The molecular weight excluding hydrogens is 406 g/mol. The van der Waals surface area contributed by atoms with E-state index in [4.69, 9.17) is 0 Å². The Bertz CT molecular complexity index is 1580. The summed E-state index contributed by atoms with van der Waals surface area (Å²) in [6.07, 6.45) is 0. The zero-order chi connectivity index (χ0) is 20.8. The number of carbonyl (C=O) groups is 1. The molecule has 7 heteroatoms. The van der Waals surface area contributed by atoms with E-state index >= 15 is 0 Å². The molecule has 3 N–H and O–H groups in total. The summed E-state index contributed by atoms with van der Waals surface area (Å²) in [6.45, 7) is 0.476. The zero-order valence-corrected chi connectivity index (χ0v) is 17.2. The van der Waals surface area contributed by atoms with E-state index in [9.17, 15) is 4.79 Å². The quantitative estimate of drug-likeness (QED) is 0.362. The van der Waals surface area contributed by atoms with Crippen molar-refractivity contribution in [3.63, 3.8) is 0 Å². The number of carbonyl (C=O) groups excluding carboxylic acids is 1. The number of amides is 1. The van der Waals surface area contributed by atoms with Crippen molar-refractivity contribution in [2.45, 2.75) is 6.54 Å². The number of para-hydroxylation sites is 2. The fraction of sp³-hybridized carbons (Fsp3) is 0.0417. The third-order valence-electron chi connectivity index (χ3n) is 5.46. The monoisotopic (exact) mass is 423 g/mol. The Labute approximate surface area is 180 Å². The highest BCUT2D eigenvalue weighted by Gasteiger charge is 2.17. The molecule has 0 saturated heterocycles. The van der Waals surface area contributed by atoms with Crippen LogP contribution in [0, 0.1) is 0 Å². The average molecular weight is 424 g/mol. The number of rotatable bonds is 4. The van der Waals surface area contributed by atoms with Crippen LogP contribution in [0.25, 0.3) is 43.5 Å². The smallest absolute Gasteiger partial charge is 0.253 e. The highest BCUT2D eigenvalue weighted by atomic mass is 32.1. The summed E-state index contributed by atoms with van der Waals surface area (Å²) in [5.41, 5.74) is 4.81. The minimum atomic E-state index is -0.136. The first-order chi connectivity index (χ1) is 15.3. The molecule has 3 aromatic carbocycles. The van der Waals surface area contributed by atoms with Gasteiger partial charge >= 0.3 is 0 Å². The minimum absolute atomic E-state index is 0.136. The van der Waals surface area contributed by atoms with Crippen molar-refractivity contribution in [3.8, 4) is 11.5 Å². The van der Waals surface area contributed by atoms with Gasteiger partial charge in [0.2, 0.25) is 0 Å². The van der Waals surface area contributed by atoms with Crippen molar-refractivity contribution < 1.29 is 4.79 Å². The van der Waals surface area contributed by atoms with Gasteiger partial charge in [-0.3, -0.25) is 9.89 Å². The maximum absolute atomic E-state index is 13.0. The molecule has 150 valence electrons. The Kier molecular flexibility index (Phi) is 4.07. The van der Waals surface area contributed by atoms with Crippen molar-refractivity contribution in [2.75, 3.05) is 0 Å². The minimum Gasteiger partial charge on any atom is -0.348 e. The molecule has 0 saturated carbocycles. The second kappa shape index (κ2) is 7.07.